The van der Waals surface area contributed by atoms with Gasteiger partial charge in [0.1, 0.15) is 18.1 Å². The molecule has 0 aliphatic carbocycles. The summed E-state index contributed by atoms with van der Waals surface area (Å²) >= 11 is 0. The molecule has 0 aromatic carbocycles. The zero-order chi connectivity index (χ0) is 23.9. The van der Waals surface area contributed by atoms with Crippen LogP contribution >= 0.6 is 0 Å². The second-order valence-electron chi connectivity index (χ2n) is 7.26. The minimum atomic E-state index is -1.57. The molecule has 5 atom stereocenters. The molecule has 0 saturated carbocycles. The van der Waals surface area contributed by atoms with E-state index in [1.165, 1.54) is 6.92 Å². The first-order valence-corrected chi connectivity index (χ1v) is 9.49. The summed E-state index contributed by atoms with van der Waals surface area (Å²) in [5.74, 6) is -5.75. The molecular weight excluding hydrogens is 416 g/mol. The molecule has 174 valence electrons. The van der Waals surface area contributed by atoms with Gasteiger partial charge >= 0.3 is 5.97 Å². The molecule has 0 aromatic rings. The fourth-order valence-corrected chi connectivity index (χ4v) is 3.11. The number of amides is 5. The van der Waals surface area contributed by atoms with Crippen LogP contribution in [0.25, 0.3) is 0 Å². The van der Waals surface area contributed by atoms with Crippen LogP contribution in [-0.2, 0) is 28.8 Å². The van der Waals surface area contributed by atoms with Gasteiger partial charge in [-0.3, -0.25) is 24.0 Å². The molecule has 1 rings (SSSR count). The smallest absolute Gasteiger partial charge is 0.326 e. The van der Waals surface area contributed by atoms with E-state index in [9.17, 15) is 33.9 Å². The van der Waals surface area contributed by atoms with Gasteiger partial charge in [-0.15, -0.1) is 0 Å². The molecule has 1 heterocycles. The maximum Gasteiger partial charge on any atom is 0.326 e. The van der Waals surface area contributed by atoms with Crippen molar-refractivity contribution >= 4 is 35.5 Å². The van der Waals surface area contributed by atoms with Gasteiger partial charge in [-0.1, -0.05) is 0 Å². The first-order valence-electron chi connectivity index (χ1n) is 9.49. The number of carbonyl (C=O) groups is 6. The number of aliphatic hydroxyl groups excluding tert-OH is 1. The normalized spacial score (nSPS) is 19.6. The number of rotatable bonds is 11. The predicted molar refractivity (Wildman–Crippen MR) is 104 cm³/mol. The number of primary amides is 2. The van der Waals surface area contributed by atoms with Crippen molar-refractivity contribution in [2.75, 3.05) is 6.54 Å². The van der Waals surface area contributed by atoms with E-state index in [-0.39, 0.29) is 13.0 Å². The van der Waals surface area contributed by atoms with E-state index in [1.807, 2.05) is 0 Å². The average molecular weight is 444 g/mol. The van der Waals surface area contributed by atoms with Crippen molar-refractivity contribution in [1.29, 1.82) is 0 Å². The molecular formula is C17H28N6O8. The van der Waals surface area contributed by atoms with Crippen molar-refractivity contribution in [3.63, 3.8) is 0 Å². The minimum Gasteiger partial charge on any atom is -0.480 e. The molecule has 1 fully saturated rings. The highest BCUT2D eigenvalue weighted by Crippen LogP contribution is 2.20. The van der Waals surface area contributed by atoms with Gasteiger partial charge in [0.25, 0.3) is 0 Å². The molecule has 14 nitrogen and oxygen atoms in total. The molecule has 10 N–H and O–H groups in total. The summed E-state index contributed by atoms with van der Waals surface area (Å²) in [4.78, 5) is 71.9. The van der Waals surface area contributed by atoms with Crippen LogP contribution in [-0.4, -0.2) is 87.4 Å². The van der Waals surface area contributed by atoms with Crippen molar-refractivity contribution in [2.45, 2.75) is 62.9 Å². The second-order valence-corrected chi connectivity index (χ2v) is 7.26. The number of nitrogens with one attached hydrogen (secondary N) is 2. The molecule has 14 heteroatoms. The van der Waals surface area contributed by atoms with Crippen LogP contribution in [0.4, 0.5) is 0 Å². The molecule has 5 amide bonds. The SMILES string of the molecule is CC(O)C(NC(=O)C(N)CC(N)=O)C(=O)N1CCCC1C(=O)NC(CC(N)=O)C(=O)O. The number of hydrogen-bond donors (Lipinski definition) is 7. The highest BCUT2D eigenvalue weighted by atomic mass is 16.4. The molecule has 0 bridgehead atoms. The third kappa shape index (κ3) is 7.49. The average Bonchev–Trinajstić information content (AvgIpc) is 3.13. The summed E-state index contributed by atoms with van der Waals surface area (Å²) in [6.45, 7) is 1.35. The van der Waals surface area contributed by atoms with Crippen LogP contribution in [0, 0.1) is 0 Å². The Hall–Kier alpha value is -3.26. The zero-order valence-corrected chi connectivity index (χ0v) is 16.9. The van der Waals surface area contributed by atoms with Crippen molar-refractivity contribution in [3.8, 4) is 0 Å². The standard InChI is InChI=1S/C17H28N6O8/c1-7(24)13(22-14(27)8(18)5-11(19)25)16(29)23-4-2-3-10(23)15(28)21-9(17(30)31)6-12(20)26/h7-10,13,24H,2-6,18H2,1H3,(H2,19,25)(H2,20,26)(H,21,28)(H,22,27)(H,30,31). The Kier molecular flexibility index (Phi) is 9.33. The maximum atomic E-state index is 12.9. The van der Waals surface area contributed by atoms with Gasteiger partial charge in [-0.25, -0.2) is 4.79 Å². The van der Waals surface area contributed by atoms with Crippen LogP contribution in [0.5, 0.6) is 0 Å². The van der Waals surface area contributed by atoms with E-state index in [1.54, 1.807) is 0 Å². The van der Waals surface area contributed by atoms with Gasteiger partial charge in [0.05, 0.1) is 25.0 Å². The predicted octanol–water partition coefficient (Wildman–Crippen LogP) is -4.51. The second kappa shape index (κ2) is 11.2. The minimum absolute atomic E-state index is 0.108. The number of aliphatic carboxylic acids is 1. The number of nitrogens with zero attached hydrogens (tertiary/aromatic N) is 1. The Bertz CT molecular complexity index is 742. The molecule has 1 aliphatic heterocycles. The number of likely N-dealkylation sites (tertiary alicyclic amines) is 1. The third-order valence-corrected chi connectivity index (χ3v) is 4.66. The maximum absolute atomic E-state index is 12.9. The van der Waals surface area contributed by atoms with E-state index < -0.39 is 78.6 Å². The lowest BCUT2D eigenvalue weighted by Crippen LogP contribution is -2.59. The van der Waals surface area contributed by atoms with Gasteiger partial charge in [-0.2, -0.15) is 0 Å². The van der Waals surface area contributed by atoms with Gasteiger partial charge in [-0.05, 0) is 19.8 Å². The number of hydrogen-bond acceptors (Lipinski definition) is 8. The van der Waals surface area contributed by atoms with Gasteiger partial charge < -0.3 is 42.9 Å². The number of carbonyl (C=O) groups excluding carboxylic acids is 5. The summed E-state index contributed by atoms with van der Waals surface area (Å²) in [5.41, 5.74) is 15.5. The Morgan fingerprint density at radius 1 is 1.06 bits per heavy atom. The van der Waals surface area contributed by atoms with Crippen molar-refractivity contribution in [1.82, 2.24) is 15.5 Å². The summed E-state index contributed by atoms with van der Waals surface area (Å²) in [7, 11) is 0. The number of aliphatic hydroxyl groups is 1. The number of carboxylic acid groups (broad SMARTS) is 1. The molecule has 1 saturated heterocycles. The Balaban J connectivity index is 2.93. The topological polar surface area (TPSA) is 248 Å². The largest absolute Gasteiger partial charge is 0.480 e. The lowest BCUT2D eigenvalue weighted by atomic mass is 10.1. The van der Waals surface area contributed by atoms with Crippen LogP contribution in [0.1, 0.15) is 32.6 Å². The summed E-state index contributed by atoms with van der Waals surface area (Å²) < 4.78 is 0. The van der Waals surface area contributed by atoms with Gasteiger partial charge in [0, 0.05) is 6.54 Å². The molecule has 0 aromatic heterocycles. The molecule has 0 radical (unpaired) electrons. The van der Waals surface area contributed by atoms with Crippen LogP contribution in [0.2, 0.25) is 0 Å². The first kappa shape index (κ1) is 25.8. The van der Waals surface area contributed by atoms with E-state index in [0.29, 0.717) is 6.42 Å². The number of carboxylic acids is 1. The van der Waals surface area contributed by atoms with Crippen LogP contribution in [0.3, 0.4) is 0 Å². The van der Waals surface area contributed by atoms with Crippen LogP contribution in [0.15, 0.2) is 0 Å². The molecule has 1 aliphatic rings. The summed E-state index contributed by atoms with van der Waals surface area (Å²) in [6, 6.07) is -5.46. The van der Waals surface area contributed by atoms with Crippen molar-refractivity contribution in [3.05, 3.63) is 0 Å². The molecule has 0 spiro atoms. The van der Waals surface area contributed by atoms with E-state index in [2.05, 4.69) is 10.6 Å². The fraction of sp³-hybridized carbons (Fsp3) is 0.647. The Labute approximate surface area is 177 Å². The third-order valence-electron chi connectivity index (χ3n) is 4.66. The van der Waals surface area contributed by atoms with Gasteiger partial charge in [0.2, 0.25) is 29.5 Å². The summed E-state index contributed by atoms with van der Waals surface area (Å²) in [6.07, 6.45) is -1.88. The Morgan fingerprint density at radius 3 is 2.13 bits per heavy atom. The first-order chi connectivity index (χ1) is 14.3. The van der Waals surface area contributed by atoms with Crippen LogP contribution < -0.4 is 27.8 Å². The highest BCUT2D eigenvalue weighted by molar-refractivity contribution is 5.96. The van der Waals surface area contributed by atoms with E-state index in [0.717, 1.165) is 4.90 Å². The quantitative estimate of drug-likeness (QED) is 0.162. The van der Waals surface area contributed by atoms with Crippen molar-refractivity contribution in [2.24, 2.45) is 17.2 Å². The van der Waals surface area contributed by atoms with Crippen molar-refractivity contribution < 1.29 is 39.0 Å². The Morgan fingerprint density at radius 2 is 1.65 bits per heavy atom. The fourth-order valence-electron chi connectivity index (χ4n) is 3.11. The highest BCUT2D eigenvalue weighted by Gasteiger charge is 2.40. The lowest BCUT2D eigenvalue weighted by Gasteiger charge is -2.31. The molecule has 5 unspecified atom stereocenters. The number of nitrogens with two attached hydrogens (primary N) is 3. The van der Waals surface area contributed by atoms with E-state index in [4.69, 9.17) is 22.3 Å². The summed E-state index contributed by atoms with van der Waals surface area (Å²) in [5, 5.41) is 23.5. The lowest BCUT2D eigenvalue weighted by molar-refractivity contribution is -0.146. The molecule has 31 heavy (non-hydrogen) atoms. The van der Waals surface area contributed by atoms with E-state index >= 15 is 0 Å². The monoisotopic (exact) mass is 444 g/mol. The van der Waals surface area contributed by atoms with Gasteiger partial charge in [0.15, 0.2) is 0 Å². The zero-order valence-electron chi connectivity index (χ0n) is 16.9.